The number of amides is 1. The molecule has 3 aromatic rings. The van der Waals surface area contributed by atoms with Crippen LogP contribution in [0.25, 0.3) is 0 Å². The average Bonchev–Trinajstić information content (AvgIpc) is 3.14. The van der Waals surface area contributed by atoms with Crippen molar-refractivity contribution in [3.8, 4) is 5.75 Å². The van der Waals surface area contributed by atoms with Crippen LogP contribution in [-0.4, -0.2) is 40.6 Å². The third-order valence-corrected chi connectivity index (χ3v) is 6.55. The Morgan fingerprint density at radius 3 is 2.46 bits per heavy atom. The molecule has 0 bridgehead atoms. The summed E-state index contributed by atoms with van der Waals surface area (Å²) in [6.07, 6.45) is 1.49. The summed E-state index contributed by atoms with van der Waals surface area (Å²) < 4.78 is 20.0. The number of hydrogen-bond acceptors (Lipinski definition) is 3. The molecule has 1 atom stereocenters. The Balaban J connectivity index is 1.48. The lowest BCUT2D eigenvalue weighted by molar-refractivity contribution is -0.137. The first kappa shape index (κ1) is 25.0. The van der Waals surface area contributed by atoms with Gasteiger partial charge in [-0.15, -0.1) is 0 Å². The molecule has 0 aromatic heterocycles. The van der Waals surface area contributed by atoms with Crippen LogP contribution in [0.1, 0.15) is 34.0 Å². The Bertz CT molecular complexity index is 1260. The summed E-state index contributed by atoms with van der Waals surface area (Å²) >= 11 is 11.7. The number of carbonyl (C=O) groups is 2. The summed E-state index contributed by atoms with van der Waals surface area (Å²) in [5.74, 6) is -1.27. The number of benzene rings is 3. The average molecular weight is 516 g/mol. The minimum absolute atomic E-state index is 0.0691. The van der Waals surface area contributed by atoms with Crippen molar-refractivity contribution in [1.82, 2.24) is 4.90 Å². The molecule has 0 saturated carbocycles. The smallest absolute Gasteiger partial charge is 0.323 e. The first-order valence-corrected chi connectivity index (χ1v) is 11.9. The number of aliphatic carboxylic acids is 1. The molecule has 35 heavy (non-hydrogen) atoms. The molecule has 8 heteroatoms. The van der Waals surface area contributed by atoms with E-state index in [4.69, 9.17) is 27.9 Å². The summed E-state index contributed by atoms with van der Waals surface area (Å²) in [4.78, 5) is 26.0. The largest absolute Gasteiger partial charge is 0.487 e. The third-order valence-electron chi connectivity index (χ3n) is 5.99. The van der Waals surface area contributed by atoms with Crippen molar-refractivity contribution >= 4 is 35.1 Å². The van der Waals surface area contributed by atoms with Crippen molar-refractivity contribution in [1.29, 1.82) is 0 Å². The quantitative estimate of drug-likeness (QED) is 0.409. The van der Waals surface area contributed by atoms with Gasteiger partial charge in [-0.2, -0.15) is 0 Å². The lowest BCUT2D eigenvalue weighted by atomic mass is 9.91. The second kappa shape index (κ2) is 10.3. The number of nitrogens with zero attached hydrogens (tertiary/aromatic N) is 1. The molecule has 0 aliphatic carbocycles. The molecule has 1 aliphatic rings. The second-order valence-electron chi connectivity index (χ2n) is 8.97. The van der Waals surface area contributed by atoms with Crippen LogP contribution in [0, 0.1) is 5.82 Å². The van der Waals surface area contributed by atoms with Gasteiger partial charge in [0.25, 0.3) is 5.91 Å². The molecule has 1 amide bonds. The fourth-order valence-electron chi connectivity index (χ4n) is 4.35. The summed E-state index contributed by atoms with van der Waals surface area (Å²) in [7, 11) is 0. The maximum Gasteiger partial charge on any atom is 0.323 e. The zero-order valence-electron chi connectivity index (χ0n) is 19.1. The van der Waals surface area contributed by atoms with Gasteiger partial charge in [0, 0.05) is 30.0 Å². The van der Waals surface area contributed by atoms with Crippen molar-refractivity contribution in [3.05, 3.63) is 98.8 Å². The van der Waals surface area contributed by atoms with E-state index in [1.807, 2.05) is 19.1 Å². The number of ether oxygens (including phenoxy) is 1. The zero-order valence-corrected chi connectivity index (χ0v) is 20.6. The van der Waals surface area contributed by atoms with Gasteiger partial charge < -0.3 is 14.7 Å². The highest BCUT2D eigenvalue weighted by molar-refractivity contribution is 6.30. The van der Waals surface area contributed by atoms with E-state index in [0.29, 0.717) is 35.6 Å². The molecule has 0 unspecified atom stereocenters. The molecule has 1 N–H and O–H groups in total. The number of carboxylic acid groups (broad SMARTS) is 1. The molecular formula is C27H24Cl2FNO4. The lowest BCUT2D eigenvalue weighted by Gasteiger charge is -2.24. The SMILES string of the molecule is C[C@@]1(Cc2ccc(Cl)c(F)c2)Cc2cc(C(=O)N(CCc3ccc(Cl)cc3)CC(=O)O)ccc2O1. The number of halogens is 3. The van der Waals surface area contributed by atoms with Gasteiger partial charge in [-0.1, -0.05) is 41.4 Å². The van der Waals surface area contributed by atoms with Crippen LogP contribution >= 0.6 is 23.2 Å². The molecule has 182 valence electrons. The zero-order chi connectivity index (χ0) is 25.2. The highest BCUT2D eigenvalue weighted by Crippen LogP contribution is 2.38. The number of fused-ring (bicyclic) bond motifs is 1. The van der Waals surface area contributed by atoms with Crippen LogP contribution < -0.4 is 4.74 Å². The van der Waals surface area contributed by atoms with Crippen LogP contribution in [0.2, 0.25) is 10.0 Å². The Labute approximate surface area is 213 Å². The Morgan fingerprint density at radius 1 is 1.06 bits per heavy atom. The van der Waals surface area contributed by atoms with E-state index in [0.717, 1.165) is 16.7 Å². The van der Waals surface area contributed by atoms with E-state index in [9.17, 15) is 19.1 Å². The molecule has 1 aliphatic heterocycles. The number of carbonyl (C=O) groups excluding carboxylic acids is 1. The fourth-order valence-corrected chi connectivity index (χ4v) is 4.59. The monoisotopic (exact) mass is 515 g/mol. The van der Waals surface area contributed by atoms with Crippen LogP contribution in [0.15, 0.2) is 60.7 Å². The van der Waals surface area contributed by atoms with Crippen LogP contribution in [0.3, 0.4) is 0 Å². The molecule has 1 heterocycles. The van der Waals surface area contributed by atoms with Crippen molar-refractivity contribution < 1.29 is 23.8 Å². The Hall–Kier alpha value is -3.09. The van der Waals surface area contributed by atoms with E-state index in [1.54, 1.807) is 36.4 Å². The van der Waals surface area contributed by atoms with Crippen molar-refractivity contribution in [2.75, 3.05) is 13.1 Å². The van der Waals surface area contributed by atoms with E-state index in [-0.39, 0.29) is 17.5 Å². The standard InChI is InChI=1S/C27H24Cl2FNO4/c1-27(14-18-4-8-22(29)23(30)12-18)15-20-13-19(5-9-24(20)35-27)26(34)31(16-25(32)33)11-10-17-2-6-21(28)7-3-17/h2-9,12-13H,10-11,14-16H2,1H3,(H,32,33)/t27-/m1/s1. The van der Waals surface area contributed by atoms with Crippen molar-refractivity contribution in [2.45, 2.75) is 31.8 Å². The minimum atomic E-state index is -1.08. The van der Waals surface area contributed by atoms with E-state index >= 15 is 0 Å². The molecule has 0 spiro atoms. The molecule has 3 aromatic carbocycles. The molecule has 0 fully saturated rings. The minimum Gasteiger partial charge on any atom is -0.487 e. The summed E-state index contributed by atoms with van der Waals surface area (Å²) in [5, 5.41) is 10.0. The Morgan fingerprint density at radius 2 is 1.77 bits per heavy atom. The van der Waals surface area contributed by atoms with E-state index in [1.165, 1.54) is 17.0 Å². The van der Waals surface area contributed by atoms with Crippen molar-refractivity contribution in [2.24, 2.45) is 0 Å². The van der Waals surface area contributed by atoms with Gasteiger partial charge in [0.2, 0.25) is 0 Å². The van der Waals surface area contributed by atoms with Gasteiger partial charge >= 0.3 is 5.97 Å². The maximum absolute atomic E-state index is 13.9. The van der Waals surface area contributed by atoms with Crippen molar-refractivity contribution in [3.63, 3.8) is 0 Å². The van der Waals surface area contributed by atoms with Crippen LogP contribution in [0.5, 0.6) is 5.75 Å². The first-order chi connectivity index (χ1) is 16.6. The lowest BCUT2D eigenvalue weighted by Crippen LogP contribution is -2.37. The van der Waals surface area contributed by atoms with Gasteiger partial charge in [0.05, 0.1) is 5.02 Å². The molecule has 0 saturated heterocycles. The van der Waals surface area contributed by atoms with Gasteiger partial charge in [0.15, 0.2) is 0 Å². The number of hydrogen-bond donors (Lipinski definition) is 1. The molecule has 0 radical (unpaired) electrons. The Kier molecular flexibility index (Phi) is 7.33. The number of rotatable bonds is 8. The normalized spacial score (nSPS) is 16.5. The van der Waals surface area contributed by atoms with Gasteiger partial charge in [0.1, 0.15) is 23.7 Å². The second-order valence-corrected chi connectivity index (χ2v) is 9.82. The predicted molar refractivity (Wildman–Crippen MR) is 133 cm³/mol. The molecular weight excluding hydrogens is 492 g/mol. The van der Waals surface area contributed by atoms with E-state index < -0.39 is 23.9 Å². The fraction of sp³-hybridized carbons (Fsp3) is 0.259. The number of carboxylic acids is 1. The van der Waals surface area contributed by atoms with Gasteiger partial charge in [-0.3, -0.25) is 9.59 Å². The van der Waals surface area contributed by atoms with Crippen LogP contribution in [-0.2, 0) is 24.1 Å². The van der Waals surface area contributed by atoms with Gasteiger partial charge in [-0.25, -0.2) is 4.39 Å². The topological polar surface area (TPSA) is 66.8 Å². The third kappa shape index (κ3) is 6.13. The summed E-state index contributed by atoms with van der Waals surface area (Å²) in [5.41, 5.74) is 2.34. The highest BCUT2D eigenvalue weighted by atomic mass is 35.5. The van der Waals surface area contributed by atoms with Gasteiger partial charge in [-0.05, 0) is 72.5 Å². The summed E-state index contributed by atoms with van der Waals surface area (Å²) in [6.45, 7) is 1.78. The maximum atomic E-state index is 13.9. The van der Waals surface area contributed by atoms with Crippen LogP contribution in [0.4, 0.5) is 4.39 Å². The predicted octanol–water partition coefficient (Wildman–Crippen LogP) is 5.84. The first-order valence-electron chi connectivity index (χ1n) is 11.1. The van der Waals surface area contributed by atoms with E-state index in [2.05, 4.69) is 0 Å². The highest BCUT2D eigenvalue weighted by Gasteiger charge is 2.36. The molecule has 4 rings (SSSR count). The molecule has 5 nitrogen and oxygen atoms in total. The summed E-state index contributed by atoms with van der Waals surface area (Å²) in [6, 6.07) is 17.0.